The lowest BCUT2D eigenvalue weighted by molar-refractivity contribution is -0.138. The molecule has 21 heavy (non-hydrogen) atoms. The number of alkyl halides is 3. The lowest BCUT2D eigenvalue weighted by Gasteiger charge is -2.17. The van der Waals surface area contributed by atoms with Crippen molar-refractivity contribution in [2.24, 2.45) is 5.73 Å². The average molecular weight is 329 g/mol. The molecular formula is C15H14F3NS2. The summed E-state index contributed by atoms with van der Waals surface area (Å²) in [7, 11) is 0. The molecule has 0 fully saturated rings. The lowest BCUT2D eigenvalue weighted by atomic mass is 9.99. The van der Waals surface area contributed by atoms with Crippen LogP contribution in [0.1, 0.15) is 32.5 Å². The fourth-order valence-corrected chi connectivity index (χ4v) is 4.90. The highest BCUT2D eigenvalue weighted by Gasteiger charge is 2.35. The van der Waals surface area contributed by atoms with E-state index in [0.29, 0.717) is 0 Å². The van der Waals surface area contributed by atoms with Gasteiger partial charge in [-0.15, -0.1) is 11.3 Å². The maximum Gasteiger partial charge on any atom is 0.416 e. The van der Waals surface area contributed by atoms with Crippen LogP contribution in [0.4, 0.5) is 13.2 Å². The van der Waals surface area contributed by atoms with Crippen molar-refractivity contribution < 1.29 is 13.2 Å². The number of hydrogen-bond donors (Lipinski definition) is 1. The topological polar surface area (TPSA) is 26.0 Å². The Morgan fingerprint density at radius 2 is 1.95 bits per heavy atom. The minimum atomic E-state index is -4.37. The monoisotopic (exact) mass is 329 g/mol. The molecule has 6 heteroatoms. The highest BCUT2D eigenvalue weighted by Crippen LogP contribution is 2.39. The first kappa shape index (κ1) is 14.9. The summed E-state index contributed by atoms with van der Waals surface area (Å²) >= 11 is 3.40. The number of aryl methyl sites for hydroxylation is 1. The molecule has 3 rings (SSSR count). The second-order valence-corrected chi connectivity index (χ2v) is 7.24. The Morgan fingerprint density at radius 1 is 1.19 bits per heavy atom. The van der Waals surface area contributed by atoms with Crippen molar-refractivity contribution in [2.75, 3.05) is 5.75 Å². The lowest BCUT2D eigenvalue weighted by Crippen LogP contribution is -2.17. The predicted octanol–water partition coefficient (Wildman–Crippen LogP) is 4.60. The summed E-state index contributed by atoms with van der Waals surface area (Å²) in [5.74, 6) is 2.00. The molecule has 1 unspecified atom stereocenters. The van der Waals surface area contributed by atoms with Crippen molar-refractivity contribution in [2.45, 2.75) is 24.4 Å². The molecule has 1 atom stereocenters. The van der Waals surface area contributed by atoms with Gasteiger partial charge in [-0.1, -0.05) is 18.2 Å². The number of thiophene rings is 1. The van der Waals surface area contributed by atoms with Gasteiger partial charge in [0.2, 0.25) is 0 Å². The van der Waals surface area contributed by atoms with E-state index in [-0.39, 0.29) is 5.56 Å². The number of benzene rings is 1. The summed E-state index contributed by atoms with van der Waals surface area (Å²) in [6.45, 7) is 0. The summed E-state index contributed by atoms with van der Waals surface area (Å²) in [6, 6.07) is 6.83. The molecule has 0 bridgehead atoms. The van der Waals surface area contributed by atoms with Crippen LogP contribution in [0.5, 0.6) is 0 Å². The molecule has 0 saturated heterocycles. The van der Waals surface area contributed by atoms with Crippen LogP contribution in [-0.4, -0.2) is 5.75 Å². The third-order valence-corrected chi connectivity index (χ3v) is 5.88. The molecule has 1 aromatic carbocycles. The maximum atomic E-state index is 13.1. The van der Waals surface area contributed by atoms with Crippen molar-refractivity contribution >= 4 is 23.1 Å². The van der Waals surface area contributed by atoms with E-state index >= 15 is 0 Å². The molecule has 0 spiro atoms. The molecule has 2 heterocycles. The highest BCUT2D eigenvalue weighted by molar-refractivity contribution is 7.98. The number of nitrogens with two attached hydrogens (primary N) is 1. The van der Waals surface area contributed by atoms with Crippen molar-refractivity contribution in [1.82, 2.24) is 0 Å². The van der Waals surface area contributed by atoms with Gasteiger partial charge in [0, 0.05) is 15.5 Å². The van der Waals surface area contributed by atoms with E-state index in [9.17, 15) is 13.2 Å². The molecule has 2 aromatic rings. The maximum absolute atomic E-state index is 13.1. The Hall–Kier alpha value is -0.980. The first-order valence-electron chi connectivity index (χ1n) is 6.58. The van der Waals surface area contributed by atoms with E-state index in [4.69, 9.17) is 5.73 Å². The van der Waals surface area contributed by atoms with Crippen LogP contribution in [-0.2, 0) is 18.3 Å². The van der Waals surface area contributed by atoms with Crippen LogP contribution in [0, 0.1) is 0 Å². The molecule has 1 nitrogen and oxygen atoms in total. The molecule has 2 N–H and O–H groups in total. The molecule has 1 aliphatic rings. The van der Waals surface area contributed by atoms with Crippen LogP contribution < -0.4 is 5.73 Å². The minimum absolute atomic E-state index is 0.149. The van der Waals surface area contributed by atoms with Gasteiger partial charge in [-0.3, -0.25) is 0 Å². The van der Waals surface area contributed by atoms with Gasteiger partial charge >= 0.3 is 6.18 Å². The van der Waals surface area contributed by atoms with Gasteiger partial charge in [0.25, 0.3) is 0 Å². The van der Waals surface area contributed by atoms with E-state index < -0.39 is 17.8 Å². The zero-order valence-electron chi connectivity index (χ0n) is 11.1. The summed E-state index contributed by atoms with van der Waals surface area (Å²) in [4.78, 5) is 2.09. The molecule has 1 aromatic heterocycles. The Bertz CT molecular complexity index is 625. The summed E-state index contributed by atoms with van der Waals surface area (Å²) in [5.41, 5.74) is 6.87. The van der Waals surface area contributed by atoms with Crippen LogP contribution in [0.25, 0.3) is 0 Å². The van der Waals surface area contributed by atoms with E-state index in [2.05, 4.69) is 0 Å². The predicted molar refractivity (Wildman–Crippen MR) is 81.7 cm³/mol. The van der Waals surface area contributed by atoms with E-state index in [1.807, 2.05) is 17.8 Å². The average Bonchev–Trinajstić information content (AvgIpc) is 2.89. The molecule has 0 aliphatic carbocycles. The van der Waals surface area contributed by atoms with Gasteiger partial charge in [-0.05, 0) is 35.4 Å². The van der Waals surface area contributed by atoms with Crippen LogP contribution in [0.3, 0.4) is 0 Å². The second kappa shape index (κ2) is 5.66. The Labute approximate surface area is 129 Å². The SMILES string of the molecule is NC(c1cc2c(s1)CCSC2)c1ccccc1C(F)(F)F. The molecule has 0 saturated carbocycles. The zero-order chi connectivity index (χ0) is 15.0. The smallest absolute Gasteiger partial charge is 0.320 e. The van der Waals surface area contributed by atoms with Gasteiger partial charge < -0.3 is 5.73 Å². The Morgan fingerprint density at radius 3 is 2.67 bits per heavy atom. The summed E-state index contributed by atoms with van der Waals surface area (Å²) in [6.07, 6.45) is -3.39. The van der Waals surface area contributed by atoms with E-state index in [0.717, 1.165) is 28.9 Å². The third-order valence-electron chi connectivity index (χ3n) is 3.55. The highest BCUT2D eigenvalue weighted by atomic mass is 32.2. The van der Waals surface area contributed by atoms with Crippen molar-refractivity contribution in [3.05, 3.63) is 56.8 Å². The van der Waals surface area contributed by atoms with Crippen LogP contribution in [0.2, 0.25) is 0 Å². The van der Waals surface area contributed by atoms with Gasteiger partial charge in [0.05, 0.1) is 11.6 Å². The Kier molecular flexibility index (Phi) is 4.03. The minimum Gasteiger partial charge on any atom is -0.320 e. The normalized spacial score (nSPS) is 16.6. The number of thioether (sulfide) groups is 1. The first-order valence-corrected chi connectivity index (χ1v) is 8.55. The quantitative estimate of drug-likeness (QED) is 0.871. The van der Waals surface area contributed by atoms with Crippen molar-refractivity contribution in [1.29, 1.82) is 0 Å². The summed E-state index contributed by atoms with van der Waals surface area (Å²) < 4.78 is 39.3. The standard InChI is InChI=1S/C15H14F3NS2/c16-15(17,18)11-4-2-1-3-10(11)14(19)13-7-9-8-20-6-5-12(9)21-13/h1-4,7,14H,5-6,8,19H2. The van der Waals surface area contributed by atoms with E-state index in [1.165, 1.54) is 22.6 Å². The number of rotatable bonds is 2. The fourth-order valence-electron chi connectivity index (χ4n) is 2.50. The molecule has 0 amide bonds. The second-order valence-electron chi connectivity index (χ2n) is 4.96. The van der Waals surface area contributed by atoms with Crippen molar-refractivity contribution in [3.8, 4) is 0 Å². The molecular weight excluding hydrogens is 315 g/mol. The van der Waals surface area contributed by atoms with Crippen LogP contribution in [0.15, 0.2) is 30.3 Å². The van der Waals surface area contributed by atoms with Gasteiger partial charge in [-0.25, -0.2) is 0 Å². The third kappa shape index (κ3) is 2.98. The van der Waals surface area contributed by atoms with Gasteiger partial charge in [0.1, 0.15) is 0 Å². The largest absolute Gasteiger partial charge is 0.416 e. The molecule has 0 radical (unpaired) electrons. The molecule has 112 valence electrons. The Balaban J connectivity index is 1.99. The van der Waals surface area contributed by atoms with E-state index in [1.54, 1.807) is 17.4 Å². The fraction of sp³-hybridized carbons (Fsp3) is 0.333. The zero-order valence-corrected chi connectivity index (χ0v) is 12.7. The molecule has 1 aliphatic heterocycles. The van der Waals surface area contributed by atoms with Gasteiger partial charge in [-0.2, -0.15) is 24.9 Å². The van der Waals surface area contributed by atoms with Crippen molar-refractivity contribution in [3.63, 3.8) is 0 Å². The number of fused-ring (bicyclic) bond motifs is 1. The van der Waals surface area contributed by atoms with Crippen LogP contribution >= 0.6 is 23.1 Å². The number of halogens is 3. The summed E-state index contributed by atoms with van der Waals surface area (Å²) in [5, 5.41) is 0. The number of hydrogen-bond acceptors (Lipinski definition) is 3. The van der Waals surface area contributed by atoms with Gasteiger partial charge in [0.15, 0.2) is 0 Å². The first-order chi connectivity index (χ1) is 9.97.